The lowest BCUT2D eigenvalue weighted by Gasteiger charge is -2.08. The summed E-state index contributed by atoms with van der Waals surface area (Å²) in [5.41, 5.74) is 6.24. The van der Waals surface area contributed by atoms with Gasteiger partial charge in [0.2, 0.25) is 0 Å². The third-order valence-corrected chi connectivity index (χ3v) is 2.00. The van der Waals surface area contributed by atoms with Gasteiger partial charge in [0, 0.05) is 6.07 Å². The van der Waals surface area contributed by atoms with E-state index in [1.165, 1.54) is 13.2 Å². The zero-order valence-electron chi connectivity index (χ0n) is 8.20. The molecule has 0 saturated carbocycles. The maximum atomic E-state index is 11.3. The molecular weight excluding hydrogens is 182 g/mol. The lowest BCUT2D eigenvalue weighted by atomic mass is 10.1. The number of aryl methyl sites for hydroxylation is 1. The van der Waals surface area contributed by atoms with Crippen molar-refractivity contribution in [2.75, 3.05) is 13.7 Å². The number of Topliss-reactive ketones (excluding diaryl/α,β-unsaturated/α-hetero) is 1. The van der Waals surface area contributed by atoms with Crippen molar-refractivity contribution >= 4 is 5.78 Å². The van der Waals surface area contributed by atoms with E-state index in [0.717, 1.165) is 5.56 Å². The van der Waals surface area contributed by atoms with E-state index in [1.807, 2.05) is 0 Å². The molecule has 0 heterocycles. The predicted octanol–water partition coefficient (Wildman–Crippen LogP) is 0.851. The Morgan fingerprint density at radius 3 is 2.71 bits per heavy atom. The van der Waals surface area contributed by atoms with E-state index in [-0.39, 0.29) is 23.6 Å². The van der Waals surface area contributed by atoms with Crippen LogP contribution in [0.25, 0.3) is 0 Å². The molecule has 0 unspecified atom stereocenters. The standard InChI is InChI=1S/C10H13NO3/c1-6-3-7(9(13)5-11)8(12)4-10(6)14-2/h3-4,12H,5,11H2,1-2H3. The van der Waals surface area contributed by atoms with Crippen molar-refractivity contribution in [3.05, 3.63) is 23.3 Å². The number of methoxy groups -OCH3 is 1. The van der Waals surface area contributed by atoms with Gasteiger partial charge in [-0.3, -0.25) is 4.79 Å². The number of phenolic OH excluding ortho intramolecular Hbond substituents is 1. The zero-order valence-corrected chi connectivity index (χ0v) is 8.20. The highest BCUT2D eigenvalue weighted by molar-refractivity contribution is 6.00. The van der Waals surface area contributed by atoms with Crippen LogP contribution in [0.15, 0.2) is 12.1 Å². The van der Waals surface area contributed by atoms with Crippen LogP contribution in [-0.2, 0) is 0 Å². The van der Waals surface area contributed by atoms with Crippen LogP contribution in [0.1, 0.15) is 15.9 Å². The summed E-state index contributed by atoms with van der Waals surface area (Å²) in [4.78, 5) is 11.3. The smallest absolute Gasteiger partial charge is 0.180 e. The third-order valence-electron chi connectivity index (χ3n) is 2.00. The zero-order chi connectivity index (χ0) is 10.7. The van der Waals surface area contributed by atoms with E-state index in [2.05, 4.69) is 0 Å². The first-order valence-electron chi connectivity index (χ1n) is 4.21. The van der Waals surface area contributed by atoms with Gasteiger partial charge >= 0.3 is 0 Å². The summed E-state index contributed by atoms with van der Waals surface area (Å²) in [6.07, 6.45) is 0. The molecule has 0 aliphatic heterocycles. The van der Waals surface area contributed by atoms with E-state index in [4.69, 9.17) is 10.5 Å². The highest BCUT2D eigenvalue weighted by atomic mass is 16.5. The summed E-state index contributed by atoms with van der Waals surface area (Å²) in [6, 6.07) is 2.99. The molecule has 4 nitrogen and oxygen atoms in total. The van der Waals surface area contributed by atoms with Gasteiger partial charge in [-0.2, -0.15) is 0 Å². The summed E-state index contributed by atoms with van der Waals surface area (Å²) < 4.78 is 4.99. The molecule has 14 heavy (non-hydrogen) atoms. The van der Waals surface area contributed by atoms with Crippen LogP contribution in [-0.4, -0.2) is 24.5 Å². The van der Waals surface area contributed by atoms with Crippen molar-refractivity contribution in [3.8, 4) is 11.5 Å². The molecule has 1 aromatic carbocycles. The first-order valence-corrected chi connectivity index (χ1v) is 4.21. The number of carbonyl (C=O) groups excluding carboxylic acids is 1. The average Bonchev–Trinajstić information content (AvgIpc) is 2.19. The van der Waals surface area contributed by atoms with Crippen LogP contribution in [0.4, 0.5) is 0 Å². The van der Waals surface area contributed by atoms with Crippen molar-refractivity contribution < 1.29 is 14.6 Å². The molecule has 4 heteroatoms. The lowest BCUT2D eigenvalue weighted by Crippen LogP contribution is -2.13. The van der Waals surface area contributed by atoms with Crippen molar-refractivity contribution in [1.82, 2.24) is 0 Å². The molecule has 0 atom stereocenters. The number of rotatable bonds is 3. The first kappa shape index (κ1) is 10.5. The van der Waals surface area contributed by atoms with Crippen LogP contribution in [0, 0.1) is 6.92 Å². The van der Waals surface area contributed by atoms with Gasteiger partial charge in [0.15, 0.2) is 5.78 Å². The van der Waals surface area contributed by atoms with E-state index >= 15 is 0 Å². The second kappa shape index (κ2) is 4.11. The minimum absolute atomic E-state index is 0.0945. The van der Waals surface area contributed by atoms with Crippen molar-refractivity contribution in [1.29, 1.82) is 0 Å². The quantitative estimate of drug-likeness (QED) is 0.701. The van der Waals surface area contributed by atoms with Gasteiger partial charge in [-0.05, 0) is 18.6 Å². The Hall–Kier alpha value is -1.55. The molecule has 1 aromatic rings. The van der Waals surface area contributed by atoms with Crippen LogP contribution >= 0.6 is 0 Å². The van der Waals surface area contributed by atoms with Crippen molar-refractivity contribution in [2.24, 2.45) is 5.73 Å². The topological polar surface area (TPSA) is 72.5 Å². The number of phenols is 1. The van der Waals surface area contributed by atoms with Crippen LogP contribution in [0.5, 0.6) is 11.5 Å². The van der Waals surface area contributed by atoms with Crippen molar-refractivity contribution in [2.45, 2.75) is 6.92 Å². The second-order valence-electron chi connectivity index (χ2n) is 2.97. The number of hydrogen-bond donors (Lipinski definition) is 2. The fraction of sp³-hybridized carbons (Fsp3) is 0.300. The Balaban J connectivity index is 3.21. The molecule has 0 aromatic heterocycles. The number of nitrogens with two attached hydrogens (primary N) is 1. The summed E-state index contributed by atoms with van der Waals surface area (Å²) in [5.74, 6) is 0.173. The van der Waals surface area contributed by atoms with Gasteiger partial charge in [-0.25, -0.2) is 0 Å². The average molecular weight is 195 g/mol. The van der Waals surface area contributed by atoms with E-state index in [0.29, 0.717) is 5.75 Å². The normalized spacial score (nSPS) is 9.93. The Morgan fingerprint density at radius 2 is 2.21 bits per heavy atom. The number of aromatic hydroxyl groups is 1. The van der Waals surface area contributed by atoms with Gasteiger partial charge in [-0.15, -0.1) is 0 Å². The van der Waals surface area contributed by atoms with Crippen LogP contribution in [0.2, 0.25) is 0 Å². The van der Waals surface area contributed by atoms with E-state index in [1.54, 1.807) is 13.0 Å². The molecule has 76 valence electrons. The monoisotopic (exact) mass is 195 g/mol. The largest absolute Gasteiger partial charge is 0.507 e. The fourth-order valence-electron chi connectivity index (χ4n) is 1.23. The Bertz CT molecular complexity index is 361. The van der Waals surface area contributed by atoms with Gasteiger partial charge in [0.25, 0.3) is 0 Å². The first-order chi connectivity index (χ1) is 6.60. The van der Waals surface area contributed by atoms with Gasteiger partial charge in [0.05, 0.1) is 19.2 Å². The predicted molar refractivity (Wildman–Crippen MR) is 52.8 cm³/mol. The summed E-state index contributed by atoms with van der Waals surface area (Å²) in [7, 11) is 1.51. The van der Waals surface area contributed by atoms with Gasteiger partial charge in [-0.1, -0.05) is 0 Å². The highest BCUT2D eigenvalue weighted by Crippen LogP contribution is 2.27. The molecule has 0 bridgehead atoms. The number of benzene rings is 1. The molecule has 0 radical (unpaired) electrons. The number of hydrogen-bond acceptors (Lipinski definition) is 4. The molecule has 3 N–H and O–H groups in total. The Morgan fingerprint density at radius 1 is 1.57 bits per heavy atom. The number of ketones is 1. The Labute approximate surface area is 82.3 Å². The molecule has 0 fully saturated rings. The molecule has 0 aliphatic carbocycles. The van der Waals surface area contributed by atoms with E-state index < -0.39 is 0 Å². The van der Waals surface area contributed by atoms with E-state index in [9.17, 15) is 9.90 Å². The lowest BCUT2D eigenvalue weighted by molar-refractivity contribution is 0.0998. The molecular formula is C10H13NO3. The van der Waals surface area contributed by atoms with Gasteiger partial charge < -0.3 is 15.6 Å². The summed E-state index contributed by atoms with van der Waals surface area (Å²) in [5, 5.41) is 9.49. The van der Waals surface area contributed by atoms with Crippen LogP contribution < -0.4 is 10.5 Å². The molecule has 1 rings (SSSR count). The minimum Gasteiger partial charge on any atom is -0.507 e. The maximum Gasteiger partial charge on any atom is 0.180 e. The number of carbonyl (C=O) groups is 1. The van der Waals surface area contributed by atoms with Crippen LogP contribution in [0.3, 0.4) is 0 Å². The second-order valence-corrected chi connectivity index (χ2v) is 2.97. The highest BCUT2D eigenvalue weighted by Gasteiger charge is 2.12. The molecule has 0 aliphatic rings. The maximum absolute atomic E-state index is 11.3. The summed E-state index contributed by atoms with van der Waals surface area (Å²) >= 11 is 0. The Kier molecular flexibility index (Phi) is 3.09. The van der Waals surface area contributed by atoms with Crippen molar-refractivity contribution in [3.63, 3.8) is 0 Å². The summed E-state index contributed by atoms with van der Waals surface area (Å²) in [6.45, 7) is 1.69. The molecule has 0 amide bonds. The molecule has 0 saturated heterocycles. The minimum atomic E-state index is -0.284. The van der Waals surface area contributed by atoms with Gasteiger partial charge in [0.1, 0.15) is 11.5 Å². The SMILES string of the molecule is COc1cc(O)c(C(=O)CN)cc1C. The fourth-order valence-corrected chi connectivity index (χ4v) is 1.23. The third kappa shape index (κ3) is 1.85. The number of ether oxygens (including phenoxy) is 1. The molecule has 0 spiro atoms.